The summed E-state index contributed by atoms with van der Waals surface area (Å²) in [5.74, 6) is 5.16. The Balaban J connectivity index is 2.33. The Morgan fingerprint density at radius 3 is 1.52 bits per heavy atom. The highest BCUT2D eigenvalue weighted by atomic mass is 16.7. The molecule has 6 heteroatoms. The van der Waals surface area contributed by atoms with Crippen molar-refractivity contribution >= 4 is 0 Å². The minimum Gasteiger partial charge on any atom is -0.403 e. The van der Waals surface area contributed by atoms with E-state index in [0.717, 1.165) is 63.9 Å². The van der Waals surface area contributed by atoms with Crippen LogP contribution < -0.4 is 17.0 Å². The summed E-state index contributed by atoms with van der Waals surface area (Å²) < 4.78 is 13.3. The third-order valence-electron chi connectivity index (χ3n) is 10.4. The quantitative estimate of drug-likeness (QED) is 0.0256. The molecule has 1 aliphatic heterocycles. The van der Waals surface area contributed by atoms with Gasteiger partial charge in [0.05, 0.1) is 12.7 Å². The summed E-state index contributed by atoms with van der Waals surface area (Å²) >= 11 is 0. The molecule has 52 heavy (non-hydrogen) atoms. The van der Waals surface area contributed by atoms with Crippen LogP contribution >= 0.6 is 0 Å². The van der Waals surface area contributed by atoms with Gasteiger partial charge in [-0.2, -0.15) is 0 Å². The first-order valence-electron chi connectivity index (χ1n) is 22.1. The molecule has 1 aliphatic rings. The molecule has 0 spiro atoms. The van der Waals surface area contributed by atoms with E-state index in [9.17, 15) is 0 Å². The maximum atomic E-state index is 6.78. The van der Waals surface area contributed by atoms with E-state index in [-0.39, 0.29) is 11.9 Å². The number of hydrogen-bond acceptors (Lipinski definition) is 6. The molecule has 6 nitrogen and oxygen atoms in total. The number of hydrazine groups is 1. The molecule has 0 aliphatic carbocycles. The van der Waals surface area contributed by atoms with Crippen LogP contribution in [0.1, 0.15) is 194 Å². The zero-order valence-electron chi connectivity index (χ0n) is 34.6. The van der Waals surface area contributed by atoms with Gasteiger partial charge in [0.1, 0.15) is 0 Å². The van der Waals surface area contributed by atoms with Crippen LogP contribution in [0.3, 0.4) is 0 Å². The first-order valence-corrected chi connectivity index (χ1v) is 22.1. The summed E-state index contributed by atoms with van der Waals surface area (Å²) in [5.41, 5.74) is 9.19. The molecule has 0 aromatic carbocycles. The van der Waals surface area contributed by atoms with E-state index in [4.69, 9.17) is 21.1 Å². The molecule has 0 amide bonds. The van der Waals surface area contributed by atoms with E-state index in [2.05, 4.69) is 79.8 Å². The third kappa shape index (κ3) is 28.6. The number of nitrogens with zero attached hydrogens (tertiary/aromatic N) is 1. The van der Waals surface area contributed by atoms with E-state index in [1.807, 2.05) is 0 Å². The molecular weight excluding hydrogens is 641 g/mol. The van der Waals surface area contributed by atoms with Crippen LogP contribution in [0.5, 0.6) is 0 Å². The van der Waals surface area contributed by atoms with Crippen LogP contribution in [0.2, 0.25) is 0 Å². The van der Waals surface area contributed by atoms with Crippen LogP contribution in [-0.4, -0.2) is 43.5 Å². The summed E-state index contributed by atoms with van der Waals surface area (Å²) in [4.78, 5) is 2.33. The molecule has 1 rings (SSSR count). The SMILES string of the molecule is CCCCC/C=C\C/C=C\CCCCCCCCC1(CCCCCCCC/C=C\C/C=C\CCCCC)OC[C@H](CCN(C)CC/C(=C/N)NN)O1. The number of allylic oxidation sites excluding steroid dienone is 8. The largest absolute Gasteiger partial charge is 0.403 e. The number of rotatable bonds is 37. The fourth-order valence-corrected chi connectivity index (χ4v) is 6.90. The van der Waals surface area contributed by atoms with Gasteiger partial charge in [-0.15, -0.1) is 0 Å². The molecule has 5 N–H and O–H groups in total. The molecule has 0 aromatic rings. The monoisotopic (exact) mass is 727 g/mol. The highest BCUT2D eigenvalue weighted by Gasteiger charge is 2.40. The molecule has 0 saturated carbocycles. The van der Waals surface area contributed by atoms with Gasteiger partial charge in [0.15, 0.2) is 5.79 Å². The molecule has 1 saturated heterocycles. The molecule has 0 unspecified atom stereocenters. The van der Waals surface area contributed by atoms with Crippen molar-refractivity contribution in [3.8, 4) is 0 Å². The fraction of sp³-hybridized carbons (Fsp3) is 0.783. The predicted octanol–water partition coefficient (Wildman–Crippen LogP) is 12.5. The van der Waals surface area contributed by atoms with Gasteiger partial charge in [-0.3, -0.25) is 5.84 Å². The van der Waals surface area contributed by atoms with E-state index in [1.165, 1.54) is 141 Å². The Kier molecular flexibility index (Phi) is 33.5. The van der Waals surface area contributed by atoms with Crippen molar-refractivity contribution in [3.05, 3.63) is 60.5 Å². The molecular formula is C46H86N4O2. The smallest absolute Gasteiger partial charge is 0.168 e. The third-order valence-corrected chi connectivity index (χ3v) is 10.4. The van der Waals surface area contributed by atoms with Crippen molar-refractivity contribution < 1.29 is 9.47 Å². The molecule has 1 heterocycles. The topological polar surface area (TPSA) is 85.8 Å². The molecule has 1 atom stereocenters. The van der Waals surface area contributed by atoms with Crippen molar-refractivity contribution in [2.45, 2.75) is 206 Å². The molecule has 0 radical (unpaired) electrons. The maximum Gasteiger partial charge on any atom is 0.168 e. The molecule has 0 bridgehead atoms. The number of hydrogen-bond donors (Lipinski definition) is 3. The Hall–Kier alpha value is -1.86. The number of nitrogens with two attached hydrogens (primary N) is 2. The highest BCUT2D eigenvalue weighted by molar-refractivity contribution is 4.96. The molecule has 1 fully saturated rings. The van der Waals surface area contributed by atoms with Gasteiger partial charge in [-0.1, -0.05) is 140 Å². The lowest BCUT2D eigenvalue weighted by molar-refractivity contribution is -0.180. The lowest BCUT2D eigenvalue weighted by Gasteiger charge is -2.29. The van der Waals surface area contributed by atoms with E-state index in [0.29, 0.717) is 0 Å². The van der Waals surface area contributed by atoms with E-state index in [1.54, 1.807) is 6.20 Å². The van der Waals surface area contributed by atoms with Gasteiger partial charge in [-0.25, -0.2) is 0 Å². The predicted molar refractivity (Wildman–Crippen MR) is 228 cm³/mol. The average Bonchev–Trinajstić information content (AvgIpc) is 3.57. The van der Waals surface area contributed by atoms with Crippen LogP contribution in [-0.2, 0) is 9.47 Å². The Bertz CT molecular complexity index is 879. The van der Waals surface area contributed by atoms with Crippen molar-refractivity contribution in [3.63, 3.8) is 0 Å². The van der Waals surface area contributed by atoms with Crippen LogP contribution in [0.4, 0.5) is 0 Å². The van der Waals surface area contributed by atoms with Gasteiger partial charge in [-0.05, 0) is 90.5 Å². The van der Waals surface area contributed by atoms with Gasteiger partial charge in [0, 0.05) is 44.2 Å². The first kappa shape index (κ1) is 48.2. The van der Waals surface area contributed by atoms with Crippen LogP contribution in [0.15, 0.2) is 60.5 Å². The normalized spacial score (nSPS) is 16.6. The highest BCUT2D eigenvalue weighted by Crippen LogP contribution is 2.35. The summed E-state index contributed by atoms with van der Waals surface area (Å²) in [6, 6.07) is 0. The van der Waals surface area contributed by atoms with Crippen LogP contribution in [0.25, 0.3) is 0 Å². The van der Waals surface area contributed by atoms with Gasteiger partial charge < -0.3 is 25.5 Å². The van der Waals surface area contributed by atoms with Gasteiger partial charge in [0.25, 0.3) is 0 Å². The number of unbranched alkanes of at least 4 members (excludes halogenated alkanes) is 18. The summed E-state index contributed by atoms with van der Waals surface area (Å²) in [7, 11) is 2.15. The Morgan fingerprint density at radius 2 is 1.08 bits per heavy atom. The van der Waals surface area contributed by atoms with E-state index >= 15 is 0 Å². The standard InChI is InChI=1S/C46H86N4O2/c1-4-6-8-10-12-14-16-18-20-22-24-26-28-30-32-34-38-46(51-43-45(52-46)37-41-50(3)40-36-44(42-47)49-48)39-35-33-31-29-27-25-23-21-19-17-15-13-11-9-7-5-2/h12-15,18-21,42,45,49H,4-11,16-17,22-41,43,47-48H2,1-3H3/b14-12-,15-13-,20-18-,21-19-,44-42-/t45-/m0/s1. The van der Waals surface area contributed by atoms with Crippen molar-refractivity contribution in [2.75, 3.05) is 26.7 Å². The Labute approximate surface area is 323 Å². The fourth-order valence-electron chi connectivity index (χ4n) is 6.90. The zero-order chi connectivity index (χ0) is 37.6. The minimum atomic E-state index is -0.382. The first-order chi connectivity index (χ1) is 25.6. The second-order valence-corrected chi connectivity index (χ2v) is 15.3. The minimum absolute atomic E-state index is 0.175. The zero-order valence-corrected chi connectivity index (χ0v) is 34.6. The molecule has 0 aromatic heterocycles. The van der Waals surface area contributed by atoms with E-state index < -0.39 is 0 Å². The van der Waals surface area contributed by atoms with Gasteiger partial charge in [0.2, 0.25) is 0 Å². The lowest BCUT2D eigenvalue weighted by atomic mass is 9.98. The number of ether oxygens (including phenoxy) is 2. The second-order valence-electron chi connectivity index (χ2n) is 15.3. The molecule has 302 valence electrons. The summed E-state index contributed by atoms with van der Waals surface area (Å²) in [6.07, 6.45) is 55.0. The average molecular weight is 727 g/mol. The summed E-state index contributed by atoms with van der Waals surface area (Å²) in [6.45, 7) is 7.13. The van der Waals surface area contributed by atoms with Gasteiger partial charge >= 0.3 is 0 Å². The Morgan fingerprint density at radius 1 is 0.635 bits per heavy atom. The summed E-state index contributed by atoms with van der Waals surface area (Å²) in [5, 5.41) is 0. The van der Waals surface area contributed by atoms with Crippen LogP contribution in [0, 0.1) is 0 Å². The number of nitrogens with one attached hydrogen (secondary N) is 1. The van der Waals surface area contributed by atoms with Crippen molar-refractivity contribution in [2.24, 2.45) is 11.6 Å². The van der Waals surface area contributed by atoms with Crippen molar-refractivity contribution in [1.29, 1.82) is 0 Å². The maximum absolute atomic E-state index is 6.78. The van der Waals surface area contributed by atoms with Crippen molar-refractivity contribution in [1.82, 2.24) is 10.3 Å². The lowest BCUT2D eigenvalue weighted by Crippen LogP contribution is -2.32. The second kappa shape index (κ2) is 36.1.